The summed E-state index contributed by atoms with van der Waals surface area (Å²) < 4.78 is 5.21. The summed E-state index contributed by atoms with van der Waals surface area (Å²) in [5.41, 5.74) is -0.553. The first-order chi connectivity index (χ1) is 9.78. The Hall–Kier alpha value is -1.06. The summed E-state index contributed by atoms with van der Waals surface area (Å²) in [7, 11) is 0. The molecule has 1 aliphatic rings. The van der Waals surface area contributed by atoms with Crippen molar-refractivity contribution in [3.63, 3.8) is 0 Å². The fourth-order valence-corrected chi connectivity index (χ4v) is 3.03. The Morgan fingerprint density at radius 3 is 2.33 bits per heavy atom. The molecular weight excluding hydrogens is 268 g/mol. The van der Waals surface area contributed by atoms with Gasteiger partial charge in [0.05, 0.1) is 12.3 Å². The van der Waals surface area contributed by atoms with E-state index in [0.29, 0.717) is 6.42 Å². The number of carbonyl (C=O) groups is 2. The Morgan fingerprint density at radius 1 is 1.19 bits per heavy atom. The second-order valence-corrected chi connectivity index (χ2v) is 7.26. The van der Waals surface area contributed by atoms with Crippen molar-refractivity contribution in [3.8, 4) is 0 Å². The molecule has 0 bridgehead atoms. The number of aliphatic carboxylic acids is 1. The van der Waals surface area contributed by atoms with Crippen molar-refractivity contribution in [1.82, 2.24) is 0 Å². The van der Waals surface area contributed by atoms with E-state index in [1.54, 1.807) is 20.8 Å². The average molecular weight is 298 g/mol. The largest absolute Gasteiger partial charge is 0.481 e. The van der Waals surface area contributed by atoms with E-state index >= 15 is 0 Å². The Kier molecular flexibility index (Phi) is 7.20. The van der Waals surface area contributed by atoms with Gasteiger partial charge in [0.15, 0.2) is 0 Å². The Labute approximate surface area is 128 Å². The minimum atomic E-state index is -0.885. The number of hydrogen-bond acceptors (Lipinski definition) is 3. The quantitative estimate of drug-likeness (QED) is 0.716. The van der Waals surface area contributed by atoms with E-state index in [-0.39, 0.29) is 6.42 Å². The molecule has 21 heavy (non-hydrogen) atoms. The van der Waals surface area contributed by atoms with Crippen molar-refractivity contribution in [2.75, 3.05) is 0 Å². The highest BCUT2D eigenvalue weighted by atomic mass is 16.6. The third-order valence-electron chi connectivity index (χ3n) is 4.07. The van der Waals surface area contributed by atoms with Crippen molar-refractivity contribution < 1.29 is 19.4 Å². The number of carbonyl (C=O) groups excluding carboxylic acids is 1. The molecule has 1 N–H and O–H groups in total. The van der Waals surface area contributed by atoms with Crippen molar-refractivity contribution in [1.29, 1.82) is 0 Å². The van der Waals surface area contributed by atoms with Crippen LogP contribution in [0.15, 0.2) is 0 Å². The van der Waals surface area contributed by atoms with E-state index in [1.807, 2.05) is 0 Å². The van der Waals surface area contributed by atoms with Gasteiger partial charge in [-0.15, -0.1) is 0 Å². The average Bonchev–Trinajstić information content (AvgIpc) is 2.36. The van der Waals surface area contributed by atoms with Gasteiger partial charge in [0.2, 0.25) is 0 Å². The van der Waals surface area contributed by atoms with Gasteiger partial charge in [0.25, 0.3) is 0 Å². The zero-order valence-electron chi connectivity index (χ0n) is 13.7. The molecule has 0 amide bonds. The van der Waals surface area contributed by atoms with Crippen molar-refractivity contribution in [3.05, 3.63) is 0 Å². The molecule has 0 spiro atoms. The topological polar surface area (TPSA) is 63.6 Å². The zero-order valence-corrected chi connectivity index (χ0v) is 13.7. The minimum absolute atomic E-state index is 0.0166. The number of esters is 1. The molecule has 1 rings (SSSR count). The van der Waals surface area contributed by atoms with Crippen LogP contribution in [0.25, 0.3) is 0 Å². The summed E-state index contributed by atoms with van der Waals surface area (Å²) in [6.07, 6.45) is 9.07. The van der Waals surface area contributed by atoms with Gasteiger partial charge in [-0.25, -0.2) is 0 Å². The Bertz CT molecular complexity index is 337. The van der Waals surface area contributed by atoms with Crippen molar-refractivity contribution >= 4 is 11.9 Å². The normalized spacial score (nSPS) is 18.2. The molecule has 1 fully saturated rings. The van der Waals surface area contributed by atoms with E-state index in [9.17, 15) is 14.7 Å². The lowest BCUT2D eigenvalue weighted by molar-refractivity contribution is -0.160. The Morgan fingerprint density at radius 2 is 1.81 bits per heavy atom. The highest BCUT2D eigenvalue weighted by Crippen LogP contribution is 2.29. The molecular formula is C17H30O4. The van der Waals surface area contributed by atoms with Gasteiger partial charge in [0, 0.05) is 0 Å². The van der Waals surface area contributed by atoms with Crippen LogP contribution in [-0.2, 0) is 14.3 Å². The molecule has 0 aliphatic heterocycles. The van der Waals surface area contributed by atoms with Crippen molar-refractivity contribution in [2.24, 2.45) is 11.8 Å². The summed E-state index contributed by atoms with van der Waals surface area (Å²) >= 11 is 0. The summed E-state index contributed by atoms with van der Waals surface area (Å²) in [6.45, 7) is 5.39. The van der Waals surface area contributed by atoms with Crippen LogP contribution < -0.4 is 0 Å². The Balaban J connectivity index is 2.32. The van der Waals surface area contributed by atoms with Crippen LogP contribution in [0.2, 0.25) is 0 Å². The maximum absolute atomic E-state index is 11.8. The number of carboxylic acid groups (broad SMARTS) is 1. The molecule has 0 aromatic carbocycles. The van der Waals surface area contributed by atoms with Gasteiger partial charge in [-0.2, -0.15) is 0 Å². The second kappa shape index (κ2) is 8.40. The van der Waals surface area contributed by atoms with E-state index in [1.165, 1.54) is 32.1 Å². The summed E-state index contributed by atoms with van der Waals surface area (Å²) in [5.74, 6) is -1.14. The molecule has 4 heteroatoms. The third kappa shape index (κ3) is 8.08. The molecule has 0 aromatic heterocycles. The highest BCUT2D eigenvalue weighted by Gasteiger charge is 2.25. The first-order valence-electron chi connectivity index (χ1n) is 8.22. The predicted octanol–water partition coefficient (Wildman–Crippen LogP) is 4.17. The number of hydrogen-bond donors (Lipinski definition) is 1. The lowest BCUT2D eigenvalue weighted by Gasteiger charge is -2.23. The van der Waals surface area contributed by atoms with E-state index < -0.39 is 23.5 Å². The molecule has 0 saturated heterocycles. The summed E-state index contributed by atoms with van der Waals surface area (Å²) in [5, 5.41) is 9.25. The van der Waals surface area contributed by atoms with Crippen LogP contribution in [0.1, 0.15) is 78.6 Å². The lowest BCUT2D eigenvalue weighted by Crippen LogP contribution is -2.27. The standard InChI is InChI=1S/C17H30O4/c1-17(2,3)21-15(18)12-14(16(19)20)11-7-10-13-8-5-4-6-9-13/h13-14H,4-12H2,1-3H3,(H,19,20). The smallest absolute Gasteiger partial charge is 0.307 e. The first kappa shape index (κ1) is 18.0. The third-order valence-corrected chi connectivity index (χ3v) is 4.07. The number of ether oxygens (including phenoxy) is 1. The van der Waals surface area contributed by atoms with E-state index in [2.05, 4.69) is 0 Å². The van der Waals surface area contributed by atoms with Crippen LogP contribution in [0.5, 0.6) is 0 Å². The van der Waals surface area contributed by atoms with Gasteiger partial charge in [-0.3, -0.25) is 9.59 Å². The molecule has 122 valence electrons. The van der Waals surface area contributed by atoms with Crippen molar-refractivity contribution in [2.45, 2.75) is 84.2 Å². The van der Waals surface area contributed by atoms with Crippen LogP contribution >= 0.6 is 0 Å². The van der Waals surface area contributed by atoms with Crippen LogP contribution in [0, 0.1) is 11.8 Å². The second-order valence-electron chi connectivity index (χ2n) is 7.26. The zero-order chi connectivity index (χ0) is 15.9. The molecule has 0 heterocycles. The molecule has 1 aliphatic carbocycles. The van der Waals surface area contributed by atoms with Gasteiger partial charge in [0.1, 0.15) is 5.60 Å². The first-order valence-corrected chi connectivity index (χ1v) is 8.22. The SMILES string of the molecule is CC(C)(C)OC(=O)CC(CCCC1CCCCC1)C(=O)O. The molecule has 0 radical (unpaired) electrons. The van der Waals surface area contributed by atoms with Crippen LogP contribution in [0.3, 0.4) is 0 Å². The van der Waals surface area contributed by atoms with Crippen LogP contribution in [0.4, 0.5) is 0 Å². The van der Waals surface area contributed by atoms with Gasteiger partial charge in [-0.1, -0.05) is 44.9 Å². The summed E-state index contributed by atoms with van der Waals surface area (Å²) in [4.78, 5) is 23.0. The fourth-order valence-electron chi connectivity index (χ4n) is 3.03. The predicted molar refractivity (Wildman–Crippen MR) is 82.0 cm³/mol. The number of carboxylic acids is 1. The minimum Gasteiger partial charge on any atom is -0.481 e. The molecule has 0 aromatic rings. The van der Waals surface area contributed by atoms with E-state index in [0.717, 1.165) is 18.8 Å². The monoisotopic (exact) mass is 298 g/mol. The highest BCUT2D eigenvalue weighted by molar-refractivity contribution is 5.78. The maximum Gasteiger partial charge on any atom is 0.307 e. The molecule has 4 nitrogen and oxygen atoms in total. The number of rotatable bonds is 7. The summed E-state index contributed by atoms with van der Waals surface area (Å²) in [6, 6.07) is 0. The molecule has 1 unspecified atom stereocenters. The van der Waals surface area contributed by atoms with E-state index in [4.69, 9.17) is 4.74 Å². The molecule has 1 saturated carbocycles. The fraction of sp³-hybridized carbons (Fsp3) is 0.882. The maximum atomic E-state index is 11.8. The van der Waals surface area contributed by atoms with Gasteiger partial charge < -0.3 is 9.84 Å². The van der Waals surface area contributed by atoms with Gasteiger partial charge >= 0.3 is 11.9 Å². The van der Waals surface area contributed by atoms with Gasteiger partial charge in [-0.05, 0) is 33.1 Å². The molecule has 1 atom stereocenters. The van der Waals surface area contributed by atoms with Crippen LogP contribution in [-0.4, -0.2) is 22.6 Å². The lowest BCUT2D eigenvalue weighted by atomic mass is 9.84.